The summed E-state index contributed by atoms with van der Waals surface area (Å²) in [6, 6.07) is 0. The zero-order valence-electron chi connectivity index (χ0n) is 10.1. The van der Waals surface area contributed by atoms with Crippen LogP contribution in [-0.2, 0) is 0 Å². The molecule has 0 N–H and O–H groups in total. The van der Waals surface area contributed by atoms with E-state index in [0.717, 1.165) is 5.57 Å². The van der Waals surface area contributed by atoms with Crippen LogP contribution < -0.4 is 0 Å². The maximum absolute atomic E-state index is 13.9. The van der Waals surface area contributed by atoms with Crippen LogP contribution in [0.5, 0.6) is 0 Å². The summed E-state index contributed by atoms with van der Waals surface area (Å²) in [5, 5.41) is 0. The molecule has 0 aromatic carbocycles. The molecule has 0 bridgehead atoms. The van der Waals surface area contributed by atoms with Crippen LogP contribution in [0.3, 0.4) is 0 Å². The van der Waals surface area contributed by atoms with Crippen molar-refractivity contribution in [1.29, 1.82) is 0 Å². The molecule has 0 amide bonds. The topological polar surface area (TPSA) is 3.24 Å². The van der Waals surface area contributed by atoms with Gasteiger partial charge in [0, 0.05) is 7.05 Å². The van der Waals surface area contributed by atoms with Crippen molar-refractivity contribution < 1.29 is 4.39 Å². The van der Waals surface area contributed by atoms with Gasteiger partial charge in [0.2, 0.25) is 0 Å². The van der Waals surface area contributed by atoms with Crippen molar-refractivity contribution in [1.82, 2.24) is 4.90 Å². The fourth-order valence-electron chi connectivity index (χ4n) is 1.06. The van der Waals surface area contributed by atoms with Crippen molar-refractivity contribution in [2.24, 2.45) is 5.92 Å². The summed E-state index contributed by atoms with van der Waals surface area (Å²) in [5.74, 6) is -0.0892. The minimum absolute atomic E-state index is 0.234. The van der Waals surface area contributed by atoms with E-state index in [1.54, 1.807) is 18.9 Å². The summed E-state index contributed by atoms with van der Waals surface area (Å²) in [4.78, 5) is 1.55. The van der Waals surface area contributed by atoms with Gasteiger partial charge in [-0.2, -0.15) is 0 Å². The second kappa shape index (κ2) is 5.54. The number of hydrogen-bond donors (Lipinski definition) is 0. The molecular formula is C13H20FN. The smallest absolute Gasteiger partial charge is 0.149 e. The van der Waals surface area contributed by atoms with Crippen LogP contribution in [0, 0.1) is 5.92 Å². The Hall–Kier alpha value is -1.31. The second-order valence-corrected chi connectivity index (χ2v) is 3.86. The zero-order valence-corrected chi connectivity index (χ0v) is 10.1. The molecule has 0 saturated carbocycles. The van der Waals surface area contributed by atoms with Crippen LogP contribution in [0.4, 0.5) is 4.39 Å². The van der Waals surface area contributed by atoms with E-state index in [4.69, 9.17) is 0 Å². The maximum Gasteiger partial charge on any atom is 0.149 e. The molecule has 1 nitrogen and oxygen atoms in total. The van der Waals surface area contributed by atoms with E-state index in [2.05, 4.69) is 19.7 Å². The molecule has 0 aromatic heterocycles. The fraction of sp³-hybridized carbons (Fsp3) is 0.385. The van der Waals surface area contributed by atoms with Gasteiger partial charge in [-0.15, -0.1) is 0 Å². The van der Waals surface area contributed by atoms with Crippen LogP contribution in [-0.4, -0.2) is 11.9 Å². The van der Waals surface area contributed by atoms with Crippen molar-refractivity contribution in [3.63, 3.8) is 0 Å². The monoisotopic (exact) mass is 209 g/mol. The molecule has 0 heterocycles. The molecule has 0 atom stereocenters. The van der Waals surface area contributed by atoms with Gasteiger partial charge in [-0.1, -0.05) is 33.6 Å². The Morgan fingerprint density at radius 3 is 2.13 bits per heavy atom. The van der Waals surface area contributed by atoms with Gasteiger partial charge in [0.05, 0.1) is 5.70 Å². The highest BCUT2D eigenvalue weighted by atomic mass is 19.1. The minimum atomic E-state index is -0.323. The third kappa shape index (κ3) is 3.39. The summed E-state index contributed by atoms with van der Waals surface area (Å²) in [5.41, 5.74) is 1.67. The average Bonchev–Trinajstić information content (AvgIpc) is 2.23. The van der Waals surface area contributed by atoms with Gasteiger partial charge in [0.1, 0.15) is 5.83 Å². The lowest BCUT2D eigenvalue weighted by Gasteiger charge is -2.18. The quantitative estimate of drug-likeness (QED) is 0.618. The Labute approximate surface area is 92.3 Å². The lowest BCUT2D eigenvalue weighted by molar-refractivity contribution is 0.513. The number of allylic oxidation sites excluding steroid dienone is 3. The molecular weight excluding hydrogens is 189 g/mol. The molecule has 0 aliphatic carbocycles. The largest absolute Gasteiger partial charge is 0.350 e. The van der Waals surface area contributed by atoms with Gasteiger partial charge >= 0.3 is 0 Å². The molecule has 2 heteroatoms. The lowest BCUT2D eigenvalue weighted by Crippen LogP contribution is -2.10. The number of halogens is 1. The number of rotatable bonds is 5. The Morgan fingerprint density at radius 2 is 1.80 bits per heavy atom. The summed E-state index contributed by atoms with van der Waals surface area (Å²) in [6.07, 6.45) is 1.52. The molecule has 0 aromatic rings. The van der Waals surface area contributed by atoms with Crippen LogP contribution >= 0.6 is 0 Å². The first-order valence-electron chi connectivity index (χ1n) is 4.93. The summed E-state index contributed by atoms with van der Waals surface area (Å²) >= 11 is 0. The maximum atomic E-state index is 13.9. The molecule has 0 aliphatic heterocycles. The van der Waals surface area contributed by atoms with Crippen LogP contribution in [0.2, 0.25) is 0 Å². The van der Waals surface area contributed by atoms with Gasteiger partial charge in [-0.05, 0) is 30.2 Å². The zero-order chi connectivity index (χ0) is 12.2. The Bertz CT molecular complexity index is 310. The van der Waals surface area contributed by atoms with E-state index in [-0.39, 0.29) is 11.7 Å². The molecule has 0 fully saturated rings. The van der Waals surface area contributed by atoms with Gasteiger partial charge < -0.3 is 4.90 Å². The van der Waals surface area contributed by atoms with Gasteiger partial charge in [-0.3, -0.25) is 0 Å². The van der Waals surface area contributed by atoms with Crippen LogP contribution in [0.1, 0.15) is 20.8 Å². The fourth-order valence-corrected chi connectivity index (χ4v) is 1.06. The molecule has 0 spiro atoms. The van der Waals surface area contributed by atoms with E-state index in [1.165, 1.54) is 6.20 Å². The van der Waals surface area contributed by atoms with Gasteiger partial charge in [-0.25, -0.2) is 4.39 Å². The van der Waals surface area contributed by atoms with Gasteiger partial charge in [0.25, 0.3) is 0 Å². The van der Waals surface area contributed by atoms with Crippen LogP contribution in [0.25, 0.3) is 0 Å². The second-order valence-electron chi connectivity index (χ2n) is 3.86. The SMILES string of the molecule is C=CN(C)C(=C)/C(F)=C(/C)C(=C)C(C)C. The van der Waals surface area contributed by atoms with Crippen molar-refractivity contribution in [2.45, 2.75) is 20.8 Å². The average molecular weight is 209 g/mol. The first kappa shape index (κ1) is 13.7. The number of likely N-dealkylation sites (N-methyl/N-ethyl adjacent to an activating group) is 1. The summed E-state index contributed by atoms with van der Waals surface area (Å²) in [6.45, 7) is 16.8. The van der Waals surface area contributed by atoms with E-state index < -0.39 is 0 Å². The van der Waals surface area contributed by atoms with E-state index >= 15 is 0 Å². The lowest BCUT2D eigenvalue weighted by atomic mass is 9.97. The van der Waals surface area contributed by atoms with Crippen molar-refractivity contribution in [3.8, 4) is 0 Å². The highest BCUT2D eigenvalue weighted by molar-refractivity contribution is 5.38. The predicted molar refractivity (Wildman–Crippen MR) is 64.9 cm³/mol. The predicted octanol–water partition coefficient (Wildman–Crippen LogP) is 4.03. The third-order valence-electron chi connectivity index (χ3n) is 2.46. The minimum Gasteiger partial charge on any atom is -0.350 e. The normalized spacial score (nSPS) is 12.1. The van der Waals surface area contributed by atoms with E-state index in [9.17, 15) is 4.39 Å². The molecule has 15 heavy (non-hydrogen) atoms. The summed E-state index contributed by atoms with van der Waals surface area (Å²) < 4.78 is 13.9. The highest BCUT2D eigenvalue weighted by Gasteiger charge is 2.12. The van der Waals surface area contributed by atoms with Crippen molar-refractivity contribution in [3.05, 3.63) is 48.6 Å². The third-order valence-corrected chi connectivity index (χ3v) is 2.46. The molecule has 0 radical (unpaired) electrons. The molecule has 0 aliphatic rings. The first-order chi connectivity index (χ1) is 6.82. The Kier molecular flexibility index (Phi) is 5.06. The van der Waals surface area contributed by atoms with Crippen LogP contribution in [0.15, 0.2) is 48.6 Å². The standard InChI is InChI=1S/C13H20FN/c1-8-15(7)12(6)13(14)11(5)10(4)9(2)3/h8-9H,1,4,6H2,2-3,5,7H3/b13-11+. The molecule has 0 rings (SSSR count). The molecule has 0 saturated heterocycles. The Balaban J connectivity index is 5.02. The van der Waals surface area contributed by atoms with Crippen molar-refractivity contribution in [2.75, 3.05) is 7.05 Å². The van der Waals surface area contributed by atoms with Gasteiger partial charge in [0.15, 0.2) is 0 Å². The first-order valence-corrected chi connectivity index (χ1v) is 4.93. The number of nitrogens with zero attached hydrogens (tertiary/aromatic N) is 1. The number of hydrogen-bond acceptors (Lipinski definition) is 1. The Morgan fingerprint density at radius 1 is 1.33 bits per heavy atom. The van der Waals surface area contributed by atoms with Crippen molar-refractivity contribution >= 4 is 0 Å². The van der Waals surface area contributed by atoms with E-state index in [1.807, 2.05) is 13.8 Å². The van der Waals surface area contributed by atoms with E-state index in [0.29, 0.717) is 11.3 Å². The molecule has 84 valence electrons. The highest BCUT2D eigenvalue weighted by Crippen LogP contribution is 2.25. The summed E-state index contributed by atoms with van der Waals surface area (Å²) in [7, 11) is 1.71. The molecule has 0 unspecified atom stereocenters.